The molecule has 6 rings (SSSR count). The second-order valence-corrected chi connectivity index (χ2v) is 20.3. The van der Waals surface area contributed by atoms with Crippen molar-refractivity contribution < 1.29 is 34.0 Å². The predicted octanol–water partition coefficient (Wildman–Crippen LogP) is 13.1. The number of fused-ring (bicyclic) bond motifs is 3. The molecule has 3 aromatic carbocycles. The Morgan fingerprint density at radius 1 is 0.846 bits per heavy atom. The van der Waals surface area contributed by atoms with Gasteiger partial charge in [0.05, 0.1) is 12.2 Å². The van der Waals surface area contributed by atoms with Crippen molar-refractivity contribution >= 4 is 46.5 Å². The maximum absolute atomic E-state index is 14.3. The minimum Gasteiger partial charge on any atom is -0.507 e. The Bertz CT molecular complexity index is 2520. The molecule has 2 aliphatic carbocycles. The van der Waals surface area contributed by atoms with Crippen molar-refractivity contribution in [3.05, 3.63) is 104 Å². The molecule has 0 bridgehead atoms. The number of aromatic hydroxyl groups is 2. The zero-order valence-corrected chi connectivity index (χ0v) is 41.0. The van der Waals surface area contributed by atoms with Crippen LogP contribution >= 0.6 is 0 Å². The number of rotatable bonds is 17. The summed E-state index contributed by atoms with van der Waals surface area (Å²) in [5.41, 5.74) is 8.37. The van der Waals surface area contributed by atoms with Crippen LogP contribution in [0.1, 0.15) is 162 Å². The fourth-order valence-corrected chi connectivity index (χ4v) is 10.3. The van der Waals surface area contributed by atoms with Crippen molar-refractivity contribution in [1.29, 1.82) is 0 Å². The maximum Gasteiger partial charge on any atom is 0.306 e. The van der Waals surface area contributed by atoms with E-state index in [9.17, 15) is 19.8 Å². The first kappa shape index (κ1) is 49.7. The summed E-state index contributed by atoms with van der Waals surface area (Å²) in [4.78, 5) is 27.5. The quantitative estimate of drug-likeness (QED) is 0.0602. The van der Waals surface area contributed by atoms with E-state index in [0.717, 1.165) is 80.1 Å². The molecule has 65 heavy (non-hydrogen) atoms. The fraction of sp³-hybridized carbons (Fsp3) is 0.517. The van der Waals surface area contributed by atoms with E-state index in [1.54, 1.807) is 11.6 Å². The second kappa shape index (κ2) is 21.7. The number of carbonyl (C=O) groups is 2. The van der Waals surface area contributed by atoms with Crippen LogP contribution in [0.25, 0.3) is 34.7 Å². The maximum atomic E-state index is 14.3. The lowest BCUT2D eigenvalue weighted by atomic mass is 9.67. The monoisotopic (exact) mass is 885 g/mol. The molecule has 1 fully saturated rings. The molecule has 0 spiro atoms. The number of phenols is 2. The highest BCUT2D eigenvalue weighted by Crippen LogP contribution is 2.47. The van der Waals surface area contributed by atoms with Crippen LogP contribution < -0.4 is 10.4 Å². The first-order chi connectivity index (χ1) is 30.9. The number of Topliss-reactive ketones (excluding diaryl/α,β-unsaturated/α-hetero) is 1. The lowest BCUT2D eigenvalue weighted by Gasteiger charge is -2.43. The van der Waals surface area contributed by atoms with Gasteiger partial charge in [0.15, 0.2) is 18.7 Å². The van der Waals surface area contributed by atoms with E-state index >= 15 is 0 Å². The van der Waals surface area contributed by atoms with Gasteiger partial charge in [-0.15, -0.1) is 0 Å². The number of aryl methyl sites for hydroxylation is 1. The molecule has 3 aromatic rings. The summed E-state index contributed by atoms with van der Waals surface area (Å²) in [7, 11) is 0. The van der Waals surface area contributed by atoms with Gasteiger partial charge in [-0.2, -0.15) is 0 Å². The molecule has 6 unspecified atom stereocenters. The third-order valence-electron chi connectivity index (χ3n) is 14.8. The number of hydrogen-bond acceptors (Lipinski definition) is 7. The first-order valence-electron chi connectivity index (χ1n) is 24.3. The summed E-state index contributed by atoms with van der Waals surface area (Å²) >= 11 is 0. The van der Waals surface area contributed by atoms with Gasteiger partial charge in [0.25, 0.3) is 0 Å². The topological polar surface area (TPSA) is 102 Å². The van der Waals surface area contributed by atoms with E-state index in [0.29, 0.717) is 63.1 Å². The number of phenolic OH excluding ortho intramolecular Hbond substituents is 2. The van der Waals surface area contributed by atoms with Crippen LogP contribution in [0.15, 0.2) is 76.4 Å². The molecule has 0 aromatic heterocycles. The third-order valence-corrected chi connectivity index (χ3v) is 14.8. The molecule has 3 aliphatic rings. The molecule has 0 saturated carbocycles. The zero-order valence-electron chi connectivity index (χ0n) is 41.0. The normalized spacial score (nSPS) is 24.0. The molecule has 6 atom stereocenters. The van der Waals surface area contributed by atoms with Crippen LogP contribution in [-0.2, 0) is 30.2 Å². The Morgan fingerprint density at radius 2 is 1.49 bits per heavy atom. The average Bonchev–Trinajstić information content (AvgIpc) is 3.48. The Hall–Kier alpha value is -4.72. The summed E-state index contributed by atoms with van der Waals surface area (Å²) < 4.78 is 19.0. The first-order valence-corrected chi connectivity index (χ1v) is 24.3. The van der Waals surface area contributed by atoms with Gasteiger partial charge < -0.3 is 24.4 Å². The SMILES string of the molecule is C=c1c2c(c(=C)c3c(O)c4c(C)cccc4c(O)c13)C(OC1CC(C)C(C)C(C)O1)CC(C)(C(=O)COC(=O)CCC(C)=CCCC1=CCCC=C(CCC=C(C)CCC=C(C)C)C1)C2. The third kappa shape index (κ3) is 11.8. The Labute approximate surface area is 388 Å². The van der Waals surface area contributed by atoms with Crippen molar-refractivity contribution in [2.75, 3.05) is 6.61 Å². The zero-order chi connectivity index (χ0) is 47.2. The Morgan fingerprint density at radius 3 is 2.14 bits per heavy atom. The van der Waals surface area contributed by atoms with E-state index in [1.807, 2.05) is 26.0 Å². The molecular formula is C58H76O7. The summed E-state index contributed by atoms with van der Waals surface area (Å²) in [6.07, 6.45) is 22.3. The molecule has 350 valence electrons. The van der Waals surface area contributed by atoms with Crippen molar-refractivity contribution in [1.82, 2.24) is 0 Å². The van der Waals surface area contributed by atoms with Crippen molar-refractivity contribution in [2.24, 2.45) is 17.3 Å². The number of esters is 1. The minimum absolute atomic E-state index is 0.0131. The van der Waals surface area contributed by atoms with Gasteiger partial charge >= 0.3 is 5.97 Å². The van der Waals surface area contributed by atoms with Gasteiger partial charge in [0.1, 0.15) is 11.5 Å². The molecule has 2 N–H and O–H groups in total. The molecular weight excluding hydrogens is 809 g/mol. The minimum atomic E-state index is -0.993. The predicted molar refractivity (Wildman–Crippen MR) is 267 cm³/mol. The largest absolute Gasteiger partial charge is 0.507 e. The number of ketones is 1. The number of carbonyl (C=O) groups excluding carboxylic acids is 2. The van der Waals surface area contributed by atoms with Gasteiger partial charge in [0, 0.05) is 39.8 Å². The van der Waals surface area contributed by atoms with Crippen LogP contribution in [0.3, 0.4) is 0 Å². The molecule has 0 amide bonds. The van der Waals surface area contributed by atoms with E-state index in [4.69, 9.17) is 14.2 Å². The van der Waals surface area contributed by atoms with Crippen molar-refractivity contribution in [3.63, 3.8) is 0 Å². The van der Waals surface area contributed by atoms with Gasteiger partial charge in [0.2, 0.25) is 0 Å². The molecule has 1 heterocycles. The van der Waals surface area contributed by atoms with Crippen LogP contribution in [0.4, 0.5) is 0 Å². The van der Waals surface area contributed by atoms with E-state index in [2.05, 4.69) is 92.0 Å². The molecule has 7 heteroatoms. The second-order valence-electron chi connectivity index (χ2n) is 20.3. The van der Waals surface area contributed by atoms with Crippen molar-refractivity contribution in [2.45, 2.75) is 171 Å². The lowest BCUT2D eigenvalue weighted by Crippen LogP contribution is -2.45. The van der Waals surface area contributed by atoms with Gasteiger partial charge in [-0.3, -0.25) is 9.59 Å². The lowest BCUT2D eigenvalue weighted by molar-refractivity contribution is -0.241. The average molecular weight is 885 g/mol. The summed E-state index contributed by atoms with van der Waals surface area (Å²) in [5.74, 6) is 0.147. The van der Waals surface area contributed by atoms with Crippen molar-refractivity contribution in [3.8, 4) is 11.5 Å². The number of benzene rings is 3. The Balaban J connectivity index is 1.10. The standard InChI is InChI=1S/C58H76O7/c1-35(2)18-14-19-36(3)20-15-25-44-23-12-13-24-45(31-44)26-16-21-37(4)28-29-50(60)63-34-49(59)58(11)32-47-41(8)54-55(57(62)52-38(5)22-17-27-46(52)56(54)61)42(9)53(47)48(33-58)65-51-30-39(6)40(7)43(10)64-51/h17-18,20-24,27,39-40,43,48,51,61-62H,8-9,12-16,19,25-26,28-34H2,1-7,10-11H3. The summed E-state index contributed by atoms with van der Waals surface area (Å²) in [6.45, 7) is 27.5. The fourth-order valence-electron chi connectivity index (χ4n) is 10.3. The van der Waals surface area contributed by atoms with Crippen LogP contribution in [0.5, 0.6) is 11.5 Å². The van der Waals surface area contributed by atoms with Crippen LogP contribution in [0, 0.1) is 24.2 Å². The molecule has 1 aliphatic heterocycles. The van der Waals surface area contributed by atoms with E-state index in [-0.39, 0.29) is 42.8 Å². The number of allylic oxidation sites excluding steroid dienone is 10. The van der Waals surface area contributed by atoms with Gasteiger partial charge in [-0.25, -0.2) is 0 Å². The smallest absolute Gasteiger partial charge is 0.306 e. The van der Waals surface area contributed by atoms with Gasteiger partial charge in [-0.05, 0) is 158 Å². The molecule has 7 nitrogen and oxygen atoms in total. The van der Waals surface area contributed by atoms with E-state index < -0.39 is 23.8 Å². The van der Waals surface area contributed by atoms with Crippen LogP contribution in [0.2, 0.25) is 0 Å². The summed E-state index contributed by atoms with van der Waals surface area (Å²) in [6, 6.07) is 5.53. The highest BCUT2D eigenvalue weighted by atomic mass is 16.7. The van der Waals surface area contributed by atoms with E-state index in [1.165, 1.54) is 16.7 Å². The molecule has 1 saturated heterocycles. The number of hydrogen-bond donors (Lipinski definition) is 2. The highest BCUT2D eigenvalue weighted by molar-refractivity contribution is 6.12. The highest BCUT2D eigenvalue weighted by Gasteiger charge is 2.45. The summed E-state index contributed by atoms with van der Waals surface area (Å²) in [5, 5.41) is 26.6. The van der Waals surface area contributed by atoms with Gasteiger partial charge in [-0.1, -0.05) is 110 Å². The number of ether oxygens (including phenoxy) is 3. The Kier molecular flexibility index (Phi) is 16.6. The van der Waals surface area contributed by atoms with Crippen LogP contribution in [-0.4, -0.2) is 41.0 Å². The molecule has 0 radical (unpaired) electrons.